The van der Waals surface area contributed by atoms with Crippen molar-refractivity contribution in [3.8, 4) is 0 Å². The Morgan fingerprint density at radius 1 is 1.41 bits per heavy atom. The number of hydrogen-bond acceptors (Lipinski definition) is 3. The maximum absolute atomic E-state index is 12.0. The third kappa shape index (κ3) is 3.79. The Bertz CT molecular complexity index is 418. The number of carboxylic acids is 1. The van der Waals surface area contributed by atoms with Crippen LogP contribution in [-0.4, -0.2) is 35.0 Å². The Balaban J connectivity index is 2.87. The normalized spacial score (nSPS) is 9.94. The van der Waals surface area contributed by atoms with Crippen molar-refractivity contribution in [1.29, 1.82) is 0 Å². The van der Waals surface area contributed by atoms with E-state index in [4.69, 9.17) is 10.8 Å². The molecule has 0 unspecified atom stereocenters. The number of nitrogen functional groups attached to an aromatic ring is 1. The maximum Gasteiger partial charge on any atom is 0.323 e. The summed E-state index contributed by atoms with van der Waals surface area (Å²) < 4.78 is 0. The van der Waals surface area contributed by atoms with Gasteiger partial charge in [-0.15, -0.1) is 0 Å². The Morgan fingerprint density at radius 2 is 2.12 bits per heavy atom. The summed E-state index contributed by atoms with van der Waals surface area (Å²) in [4.78, 5) is 24.0. The minimum Gasteiger partial charge on any atom is -0.480 e. The molecule has 0 spiro atoms. The van der Waals surface area contributed by atoms with Gasteiger partial charge in [0.2, 0.25) is 0 Å². The Morgan fingerprint density at radius 3 is 2.65 bits per heavy atom. The van der Waals surface area contributed by atoms with Gasteiger partial charge in [-0.3, -0.25) is 9.59 Å². The molecule has 0 fully saturated rings. The predicted octanol–water partition coefficient (Wildman–Crippen LogP) is 1.21. The summed E-state index contributed by atoms with van der Waals surface area (Å²) in [6.45, 7) is 2.02. The molecule has 0 aliphatic rings. The first-order valence-electron chi connectivity index (χ1n) is 5.41. The number of nitrogens with two attached hydrogens (primary N) is 1. The fourth-order valence-electron chi connectivity index (χ4n) is 1.54. The highest BCUT2D eigenvalue weighted by Crippen LogP contribution is 2.10. The standard InChI is InChI=1S/C12H16N2O3/c1-2-6-14(8-11(15)16)12(17)9-4-3-5-10(13)7-9/h3-5,7H,2,6,8,13H2,1H3,(H,15,16). The van der Waals surface area contributed by atoms with Crippen LogP contribution in [0, 0.1) is 0 Å². The third-order valence-corrected chi connectivity index (χ3v) is 2.24. The molecule has 0 aliphatic heterocycles. The predicted molar refractivity (Wildman–Crippen MR) is 64.7 cm³/mol. The van der Waals surface area contributed by atoms with Crippen LogP contribution in [0.2, 0.25) is 0 Å². The van der Waals surface area contributed by atoms with Crippen LogP contribution < -0.4 is 5.73 Å². The van der Waals surface area contributed by atoms with E-state index in [1.807, 2.05) is 6.92 Å². The molecule has 0 aromatic heterocycles. The number of carboxylic acid groups (broad SMARTS) is 1. The maximum atomic E-state index is 12.0. The van der Waals surface area contributed by atoms with Crippen LogP contribution in [0.1, 0.15) is 23.7 Å². The van der Waals surface area contributed by atoms with Crippen LogP contribution in [0.3, 0.4) is 0 Å². The van der Waals surface area contributed by atoms with E-state index in [9.17, 15) is 9.59 Å². The molecule has 0 atom stereocenters. The Hall–Kier alpha value is -2.04. The van der Waals surface area contributed by atoms with E-state index < -0.39 is 5.97 Å². The van der Waals surface area contributed by atoms with Gasteiger partial charge in [-0.05, 0) is 24.6 Å². The molecule has 0 saturated carbocycles. The lowest BCUT2D eigenvalue weighted by Crippen LogP contribution is -2.36. The second kappa shape index (κ2) is 5.89. The van der Waals surface area contributed by atoms with Crippen molar-refractivity contribution in [2.75, 3.05) is 18.8 Å². The van der Waals surface area contributed by atoms with Crippen LogP contribution in [0.4, 0.5) is 5.69 Å². The van der Waals surface area contributed by atoms with Crippen molar-refractivity contribution in [2.24, 2.45) is 0 Å². The molecule has 1 aromatic carbocycles. The average molecular weight is 236 g/mol. The lowest BCUT2D eigenvalue weighted by molar-refractivity contribution is -0.137. The van der Waals surface area contributed by atoms with Gasteiger partial charge in [0.05, 0.1) is 0 Å². The fraction of sp³-hybridized carbons (Fsp3) is 0.333. The van der Waals surface area contributed by atoms with E-state index in [1.165, 1.54) is 4.90 Å². The van der Waals surface area contributed by atoms with E-state index in [0.29, 0.717) is 24.2 Å². The SMILES string of the molecule is CCCN(CC(=O)O)C(=O)c1cccc(N)c1. The van der Waals surface area contributed by atoms with Crippen LogP contribution in [0.15, 0.2) is 24.3 Å². The summed E-state index contributed by atoms with van der Waals surface area (Å²) >= 11 is 0. The molecule has 0 saturated heterocycles. The van der Waals surface area contributed by atoms with Crippen molar-refractivity contribution in [3.05, 3.63) is 29.8 Å². The molecule has 5 heteroatoms. The van der Waals surface area contributed by atoms with Gasteiger partial charge in [-0.2, -0.15) is 0 Å². The van der Waals surface area contributed by atoms with E-state index >= 15 is 0 Å². The second-order valence-electron chi connectivity index (χ2n) is 3.75. The van der Waals surface area contributed by atoms with Gasteiger partial charge in [0.25, 0.3) is 5.91 Å². The van der Waals surface area contributed by atoms with Gasteiger partial charge >= 0.3 is 5.97 Å². The first-order chi connectivity index (χ1) is 8.04. The number of anilines is 1. The van der Waals surface area contributed by atoms with Crippen molar-refractivity contribution in [2.45, 2.75) is 13.3 Å². The van der Waals surface area contributed by atoms with Gasteiger partial charge in [0, 0.05) is 17.8 Å². The number of hydrogen-bond donors (Lipinski definition) is 2. The van der Waals surface area contributed by atoms with Gasteiger partial charge < -0.3 is 15.7 Å². The molecule has 0 radical (unpaired) electrons. The minimum atomic E-state index is -1.02. The topological polar surface area (TPSA) is 83.6 Å². The van der Waals surface area contributed by atoms with Crippen LogP contribution >= 0.6 is 0 Å². The molecule has 3 N–H and O–H groups in total. The van der Waals surface area contributed by atoms with E-state index in [1.54, 1.807) is 24.3 Å². The number of carbonyl (C=O) groups is 2. The first kappa shape index (κ1) is 13.0. The molecule has 1 amide bonds. The number of rotatable bonds is 5. The van der Waals surface area contributed by atoms with Crippen molar-refractivity contribution in [3.63, 3.8) is 0 Å². The fourth-order valence-corrected chi connectivity index (χ4v) is 1.54. The molecule has 0 bridgehead atoms. The summed E-state index contributed by atoms with van der Waals surface area (Å²) in [5.74, 6) is -1.32. The molecular formula is C12H16N2O3. The van der Waals surface area contributed by atoms with Gasteiger partial charge in [0.1, 0.15) is 6.54 Å². The van der Waals surface area contributed by atoms with Gasteiger partial charge in [-0.1, -0.05) is 13.0 Å². The van der Waals surface area contributed by atoms with E-state index in [2.05, 4.69) is 0 Å². The van der Waals surface area contributed by atoms with Gasteiger partial charge in [0.15, 0.2) is 0 Å². The number of carbonyl (C=O) groups excluding carboxylic acids is 1. The molecule has 1 aromatic rings. The summed E-state index contributed by atoms with van der Waals surface area (Å²) in [5.41, 5.74) is 6.49. The van der Waals surface area contributed by atoms with Crippen LogP contribution in [0.5, 0.6) is 0 Å². The second-order valence-corrected chi connectivity index (χ2v) is 3.75. The number of nitrogens with zero attached hydrogens (tertiary/aromatic N) is 1. The zero-order valence-electron chi connectivity index (χ0n) is 9.72. The molecule has 0 heterocycles. The Kier molecular flexibility index (Phi) is 4.51. The average Bonchev–Trinajstić information content (AvgIpc) is 2.27. The molecule has 17 heavy (non-hydrogen) atoms. The van der Waals surface area contributed by atoms with E-state index in [-0.39, 0.29) is 12.5 Å². The molecular weight excluding hydrogens is 220 g/mol. The highest BCUT2D eigenvalue weighted by molar-refractivity contribution is 5.96. The number of aliphatic carboxylic acids is 1. The highest BCUT2D eigenvalue weighted by Gasteiger charge is 2.17. The van der Waals surface area contributed by atoms with Crippen molar-refractivity contribution >= 4 is 17.6 Å². The highest BCUT2D eigenvalue weighted by atomic mass is 16.4. The monoisotopic (exact) mass is 236 g/mol. The number of amides is 1. The van der Waals surface area contributed by atoms with Crippen molar-refractivity contribution < 1.29 is 14.7 Å². The smallest absolute Gasteiger partial charge is 0.323 e. The minimum absolute atomic E-state index is 0.290. The summed E-state index contributed by atoms with van der Waals surface area (Å²) in [6, 6.07) is 6.53. The largest absolute Gasteiger partial charge is 0.480 e. The van der Waals surface area contributed by atoms with Crippen LogP contribution in [-0.2, 0) is 4.79 Å². The summed E-state index contributed by atoms with van der Waals surface area (Å²) in [7, 11) is 0. The van der Waals surface area contributed by atoms with E-state index in [0.717, 1.165) is 0 Å². The molecule has 1 rings (SSSR count). The van der Waals surface area contributed by atoms with Crippen LogP contribution in [0.25, 0.3) is 0 Å². The molecule has 0 aliphatic carbocycles. The number of benzene rings is 1. The van der Waals surface area contributed by atoms with Crippen molar-refractivity contribution in [1.82, 2.24) is 4.90 Å². The summed E-state index contributed by atoms with van der Waals surface area (Å²) in [6.07, 6.45) is 0.710. The summed E-state index contributed by atoms with van der Waals surface area (Å²) in [5, 5.41) is 8.74. The Labute approximate surface area is 99.8 Å². The molecule has 5 nitrogen and oxygen atoms in total. The first-order valence-corrected chi connectivity index (χ1v) is 5.41. The lowest BCUT2D eigenvalue weighted by atomic mass is 10.1. The zero-order valence-corrected chi connectivity index (χ0v) is 9.72. The third-order valence-electron chi connectivity index (χ3n) is 2.24. The molecule has 92 valence electrons. The quantitative estimate of drug-likeness (QED) is 0.752. The van der Waals surface area contributed by atoms with Gasteiger partial charge in [-0.25, -0.2) is 0 Å². The lowest BCUT2D eigenvalue weighted by Gasteiger charge is -2.20. The zero-order chi connectivity index (χ0) is 12.8.